The Morgan fingerprint density at radius 3 is 2.71 bits per heavy atom. The van der Waals surface area contributed by atoms with E-state index in [1.165, 1.54) is 0 Å². The third-order valence-corrected chi connectivity index (χ3v) is 6.79. The fraction of sp³-hybridized carbons (Fsp3) is 0.600. The molecule has 4 rings (SSSR count). The topological polar surface area (TPSA) is 106 Å². The summed E-state index contributed by atoms with van der Waals surface area (Å²) in [5, 5.41) is 10.9. The molecule has 1 aromatic heterocycles. The number of hydrogen-bond acceptors (Lipinski definition) is 6. The molecule has 2 aliphatic heterocycles. The normalized spacial score (nSPS) is 23.7. The van der Waals surface area contributed by atoms with Crippen molar-refractivity contribution in [2.45, 2.75) is 58.5 Å². The maximum absolute atomic E-state index is 12.4. The first-order chi connectivity index (χ1) is 16.0. The predicted octanol–water partition coefficient (Wildman–Crippen LogP) is 3.08. The van der Waals surface area contributed by atoms with Gasteiger partial charge in [0, 0.05) is 44.2 Å². The van der Waals surface area contributed by atoms with Crippen LogP contribution in [0.1, 0.15) is 58.6 Å². The van der Waals surface area contributed by atoms with Crippen molar-refractivity contribution in [3.63, 3.8) is 0 Å². The molecule has 0 aliphatic carbocycles. The molecule has 0 bridgehead atoms. The molecule has 2 saturated heterocycles. The van der Waals surface area contributed by atoms with Crippen LogP contribution < -0.4 is 15.5 Å². The first-order valence-electron chi connectivity index (χ1n) is 12.0. The van der Waals surface area contributed by atoms with Gasteiger partial charge in [-0.15, -0.1) is 0 Å². The molecule has 184 valence electrons. The average molecular weight is 470 g/mol. The summed E-state index contributed by atoms with van der Waals surface area (Å²) in [5.74, 6) is -0.0902. The molecule has 2 N–H and O–H groups in total. The molecule has 1 unspecified atom stereocenters. The number of nitrogens with one attached hydrogen (secondary N) is 2. The van der Waals surface area contributed by atoms with Crippen molar-refractivity contribution in [1.82, 2.24) is 20.4 Å². The Hall–Kier alpha value is -3.10. The zero-order valence-electron chi connectivity index (χ0n) is 20.7. The second-order valence-corrected chi connectivity index (χ2v) is 10.6. The van der Waals surface area contributed by atoms with Crippen LogP contribution in [-0.4, -0.2) is 52.9 Å². The molecule has 3 heterocycles. The quantitative estimate of drug-likeness (QED) is 0.667. The van der Waals surface area contributed by atoms with Gasteiger partial charge in [-0.25, -0.2) is 4.79 Å². The van der Waals surface area contributed by atoms with Gasteiger partial charge in [-0.2, -0.15) is 5.10 Å². The minimum Gasteiger partial charge on any atom is -0.444 e. The second-order valence-electron chi connectivity index (χ2n) is 10.6. The number of benzene rings is 1. The summed E-state index contributed by atoms with van der Waals surface area (Å²) in [6.45, 7) is 10.2. The molecular formula is C25H35N5O4. The van der Waals surface area contributed by atoms with E-state index in [-0.39, 0.29) is 17.9 Å². The largest absolute Gasteiger partial charge is 0.444 e. The Bertz CT molecular complexity index is 1100. The molecule has 9 heteroatoms. The van der Waals surface area contributed by atoms with Gasteiger partial charge >= 0.3 is 6.09 Å². The molecule has 2 fully saturated rings. The summed E-state index contributed by atoms with van der Waals surface area (Å²) < 4.78 is 7.17. The molecule has 9 nitrogen and oxygen atoms in total. The molecular weight excluding hydrogens is 434 g/mol. The number of aryl methyl sites for hydroxylation is 1. The third-order valence-electron chi connectivity index (χ3n) is 6.79. The van der Waals surface area contributed by atoms with Gasteiger partial charge in [0.15, 0.2) is 0 Å². The van der Waals surface area contributed by atoms with E-state index in [1.54, 1.807) is 0 Å². The first kappa shape index (κ1) is 24.0. The standard InChI is InChI=1S/C25H35N5O4/c1-15-14-30(11-10-16(15)13-26-24(33)34-25(2,3)4)17-6-7-18-20(12-17)29(5)28-22(18)19-8-9-21(31)27-23(19)32/h6-7,12,15-16,19H,8-11,13-14H2,1-5H3,(H,26,33)(H,27,31,32)/t15-,16+,19?/m1/s1. The molecule has 0 spiro atoms. The van der Waals surface area contributed by atoms with E-state index in [9.17, 15) is 14.4 Å². The zero-order chi connectivity index (χ0) is 24.6. The van der Waals surface area contributed by atoms with Gasteiger partial charge in [0.1, 0.15) is 5.60 Å². The number of carbonyl (C=O) groups excluding carboxylic acids is 3. The van der Waals surface area contributed by atoms with E-state index < -0.39 is 11.5 Å². The number of alkyl carbamates (subject to hydrolysis) is 1. The summed E-state index contributed by atoms with van der Waals surface area (Å²) in [6, 6.07) is 6.26. The summed E-state index contributed by atoms with van der Waals surface area (Å²) >= 11 is 0. The van der Waals surface area contributed by atoms with Gasteiger partial charge in [-0.1, -0.05) is 6.92 Å². The number of piperidine rings is 2. The third kappa shape index (κ3) is 5.18. The number of hydrogen-bond donors (Lipinski definition) is 2. The predicted molar refractivity (Wildman–Crippen MR) is 130 cm³/mol. The average Bonchev–Trinajstić information content (AvgIpc) is 3.07. The van der Waals surface area contributed by atoms with E-state index in [0.717, 1.165) is 41.8 Å². The summed E-state index contributed by atoms with van der Waals surface area (Å²) in [5.41, 5.74) is 2.32. The van der Waals surface area contributed by atoms with Crippen LogP contribution in [0.3, 0.4) is 0 Å². The van der Waals surface area contributed by atoms with Crippen LogP contribution in [0.5, 0.6) is 0 Å². The van der Waals surface area contributed by atoms with E-state index in [4.69, 9.17) is 4.74 Å². The van der Waals surface area contributed by atoms with E-state index in [2.05, 4.69) is 39.7 Å². The number of aromatic nitrogens is 2. The Kier molecular flexibility index (Phi) is 6.55. The molecule has 34 heavy (non-hydrogen) atoms. The van der Waals surface area contributed by atoms with Crippen molar-refractivity contribution in [3.05, 3.63) is 23.9 Å². The number of fused-ring (bicyclic) bond motifs is 1. The number of carbonyl (C=O) groups is 3. The van der Waals surface area contributed by atoms with E-state index >= 15 is 0 Å². The van der Waals surface area contributed by atoms with Crippen LogP contribution in [0.4, 0.5) is 10.5 Å². The highest BCUT2D eigenvalue weighted by molar-refractivity contribution is 6.02. The lowest BCUT2D eigenvalue weighted by molar-refractivity contribution is -0.134. The van der Waals surface area contributed by atoms with Crippen LogP contribution in [0.2, 0.25) is 0 Å². The van der Waals surface area contributed by atoms with Crippen molar-refractivity contribution in [1.29, 1.82) is 0 Å². The van der Waals surface area contributed by atoms with Crippen LogP contribution in [0, 0.1) is 11.8 Å². The van der Waals surface area contributed by atoms with Gasteiger partial charge in [-0.3, -0.25) is 19.6 Å². The van der Waals surface area contributed by atoms with Gasteiger partial charge in [0.05, 0.1) is 17.1 Å². The molecule has 0 saturated carbocycles. The lowest BCUT2D eigenvalue weighted by Gasteiger charge is -2.38. The highest BCUT2D eigenvalue weighted by Gasteiger charge is 2.32. The van der Waals surface area contributed by atoms with Gasteiger partial charge in [-0.05, 0) is 63.6 Å². The van der Waals surface area contributed by atoms with Gasteiger partial charge in [0.2, 0.25) is 11.8 Å². The maximum Gasteiger partial charge on any atom is 0.407 e. The molecule has 1 aromatic carbocycles. The fourth-order valence-corrected chi connectivity index (χ4v) is 4.94. The number of amides is 3. The van der Waals surface area contributed by atoms with Crippen molar-refractivity contribution >= 4 is 34.5 Å². The molecule has 2 aliphatic rings. The van der Waals surface area contributed by atoms with Gasteiger partial charge < -0.3 is 15.0 Å². The number of ether oxygens (including phenoxy) is 1. The Morgan fingerprint density at radius 2 is 2.03 bits per heavy atom. The van der Waals surface area contributed by atoms with Crippen LogP contribution >= 0.6 is 0 Å². The lowest BCUT2D eigenvalue weighted by atomic mass is 9.86. The number of anilines is 1. The molecule has 3 amide bonds. The zero-order valence-corrected chi connectivity index (χ0v) is 20.7. The first-order valence-corrected chi connectivity index (χ1v) is 12.0. The Morgan fingerprint density at radius 1 is 1.26 bits per heavy atom. The molecule has 0 radical (unpaired) electrons. The smallest absolute Gasteiger partial charge is 0.407 e. The Labute approximate surface area is 200 Å². The van der Waals surface area contributed by atoms with Crippen LogP contribution in [-0.2, 0) is 21.4 Å². The summed E-state index contributed by atoms with van der Waals surface area (Å²) in [4.78, 5) is 38.3. The van der Waals surface area contributed by atoms with Crippen molar-refractivity contribution in [2.75, 3.05) is 24.5 Å². The van der Waals surface area contributed by atoms with Crippen molar-refractivity contribution in [2.24, 2.45) is 18.9 Å². The van der Waals surface area contributed by atoms with E-state index in [0.29, 0.717) is 31.2 Å². The summed E-state index contributed by atoms with van der Waals surface area (Å²) in [6.07, 6.45) is 1.43. The monoisotopic (exact) mass is 469 g/mol. The molecule has 2 aromatic rings. The second kappa shape index (κ2) is 9.27. The number of nitrogens with zero attached hydrogens (tertiary/aromatic N) is 3. The van der Waals surface area contributed by atoms with Crippen LogP contribution in [0.15, 0.2) is 18.2 Å². The minimum atomic E-state index is -0.498. The van der Waals surface area contributed by atoms with Gasteiger partial charge in [0.25, 0.3) is 0 Å². The fourth-order valence-electron chi connectivity index (χ4n) is 4.94. The SMILES string of the molecule is C[C@@H]1CN(c2ccc3c(C4CCC(=O)NC4=O)nn(C)c3c2)CC[C@H]1CNC(=O)OC(C)(C)C. The molecule has 3 atom stereocenters. The highest BCUT2D eigenvalue weighted by Crippen LogP contribution is 2.34. The minimum absolute atomic E-state index is 0.220. The highest BCUT2D eigenvalue weighted by atomic mass is 16.6. The van der Waals surface area contributed by atoms with Crippen LogP contribution in [0.25, 0.3) is 10.9 Å². The van der Waals surface area contributed by atoms with E-state index in [1.807, 2.05) is 38.6 Å². The number of rotatable bonds is 4. The van der Waals surface area contributed by atoms with Crippen molar-refractivity contribution in [3.8, 4) is 0 Å². The lowest BCUT2D eigenvalue weighted by Crippen LogP contribution is -2.44. The number of imide groups is 1. The van der Waals surface area contributed by atoms with Crippen molar-refractivity contribution < 1.29 is 19.1 Å². The maximum atomic E-state index is 12.4. The summed E-state index contributed by atoms with van der Waals surface area (Å²) in [7, 11) is 1.89. The Balaban J connectivity index is 1.43.